The van der Waals surface area contributed by atoms with Crippen LogP contribution in [0.5, 0.6) is 0 Å². The summed E-state index contributed by atoms with van der Waals surface area (Å²) in [5.74, 6) is 0.364. The molecule has 1 aromatic rings. The van der Waals surface area contributed by atoms with Crippen LogP contribution in [-0.2, 0) is 4.79 Å². The SMILES string of the molecule is CCC(CSC)N(C)CCC(=O)Nc1cc(N)ccc1F. The number of carbonyl (C=O) groups is 1. The van der Waals surface area contributed by atoms with Gasteiger partial charge in [-0.05, 0) is 37.9 Å². The molecule has 6 heteroatoms. The Bertz CT molecular complexity index is 470. The molecule has 1 rings (SSSR count). The first-order chi connectivity index (χ1) is 9.97. The summed E-state index contributed by atoms with van der Waals surface area (Å²) in [5, 5.41) is 2.57. The molecule has 1 amide bonds. The Kier molecular flexibility index (Phi) is 7.53. The summed E-state index contributed by atoms with van der Waals surface area (Å²) in [6.07, 6.45) is 3.45. The molecule has 1 atom stereocenters. The Morgan fingerprint density at radius 3 is 2.86 bits per heavy atom. The van der Waals surface area contributed by atoms with Gasteiger partial charge in [-0.3, -0.25) is 4.79 Å². The van der Waals surface area contributed by atoms with Crippen LogP contribution in [0.15, 0.2) is 18.2 Å². The van der Waals surface area contributed by atoms with E-state index in [2.05, 4.69) is 23.4 Å². The minimum Gasteiger partial charge on any atom is -0.399 e. The molecule has 118 valence electrons. The van der Waals surface area contributed by atoms with Crippen molar-refractivity contribution in [3.63, 3.8) is 0 Å². The smallest absolute Gasteiger partial charge is 0.225 e. The van der Waals surface area contributed by atoms with E-state index < -0.39 is 5.82 Å². The summed E-state index contributed by atoms with van der Waals surface area (Å²) in [6.45, 7) is 2.79. The molecule has 4 nitrogen and oxygen atoms in total. The van der Waals surface area contributed by atoms with Crippen LogP contribution in [0.1, 0.15) is 19.8 Å². The van der Waals surface area contributed by atoms with Crippen LogP contribution in [-0.4, -0.2) is 42.4 Å². The van der Waals surface area contributed by atoms with Crippen LogP contribution in [0.25, 0.3) is 0 Å². The number of amides is 1. The van der Waals surface area contributed by atoms with Gasteiger partial charge in [-0.1, -0.05) is 6.92 Å². The van der Waals surface area contributed by atoms with Crippen LogP contribution in [0.3, 0.4) is 0 Å². The number of anilines is 2. The van der Waals surface area contributed by atoms with Crippen LogP contribution in [0, 0.1) is 5.82 Å². The van der Waals surface area contributed by atoms with Gasteiger partial charge in [-0.25, -0.2) is 4.39 Å². The van der Waals surface area contributed by atoms with Crippen molar-refractivity contribution in [1.82, 2.24) is 4.90 Å². The number of carbonyl (C=O) groups excluding carboxylic acids is 1. The monoisotopic (exact) mass is 313 g/mol. The van der Waals surface area contributed by atoms with Crippen molar-refractivity contribution >= 4 is 29.0 Å². The molecule has 0 saturated heterocycles. The van der Waals surface area contributed by atoms with E-state index >= 15 is 0 Å². The normalized spacial score (nSPS) is 12.4. The third-order valence-electron chi connectivity index (χ3n) is 3.41. The van der Waals surface area contributed by atoms with Crippen molar-refractivity contribution in [3.8, 4) is 0 Å². The van der Waals surface area contributed by atoms with Gasteiger partial charge in [-0.2, -0.15) is 11.8 Å². The molecule has 0 aliphatic carbocycles. The number of hydrogen-bond acceptors (Lipinski definition) is 4. The molecule has 1 aromatic carbocycles. The average molecular weight is 313 g/mol. The maximum absolute atomic E-state index is 13.5. The second kappa shape index (κ2) is 8.89. The summed E-state index contributed by atoms with van der Waals surface area (Å²) >= 11 is 1.80. The lowest BCUT2D eigenvalue weighted by Gasteiger charge is -2.26. The molecule has 0 saturated carbocycles. The highest BCUT2D eigenvalue weighted by atomic mass is 32.2. The summed E-state index contributed by atoms with van der Waals surface area (Å²) < 4.78 is 13.5. The first-order valence-electron chi connectivity index (χ1n) is 7.02. The minimum absolute atomic E-state index is 0.138. The molecule has 0 heterocycles. The highest BCUT2D eigenvalue weighted by Crippen LogP contribution is 2.17. The van der Waals surface area contributed by atoms with E-state index in [0.717, 1.165) is 12.2 Å². The molecule has 21 heavy (non-hydrogen) atoms. The van der Waals surface area contributed by atoms with Gasteiger partial charge in [0.25, 0.3) is 0 Å². The third-order valence-corrected chi connectivity index (χ3v) is 4.13. The zero-order valence-electron chi connectivity index (χ0n) is 12.9. The van der Waals surface area contributed by atoms with Gasteiger partial charge in [0.1, 0.15) is 5.82 Å². The standard InChI is InChI=1S/C15H24FN3OS/c1-4-12(10-21-3)19(2)8-7-15(20)18-14-9-11(17)5-6-13(14)16/h5-6,9,12H,4,7-8,10,17H2,1-3H3,(H,18,20). The number of thioether (sulfide) groups is 1. The summed E-state index contributed by atoms with van der Waals surface area (Å²) in [5.41, 5.74) is 6.15. The summed E-state index contributed by atoms with van der Waals surface area (Å²) in [4.78, 5) is 14.1. The summed E-state index contributed by atoms with van der Waals surface area (Å²) in [7, 11) is 2.01. The molecule has 1 unspecified atom stereocenters. The number of hydrogen-bond donors (Lipinski definition) is 2. The van der Waals surface area contributed by atoms with Gasteiger partial charge in [0, 0.05) is 30.4 Å². The number of rotatable bonds is 8. The predicted molar refractivity (Wildman–Crippen MR) is 89.2 cm³/mol. The first kappa shape index (κ1) is 17.8. The molecule has 0 bridgehead atoms. The average Bonchev–Trinajstić information content (AvgIpc) is 2.46. The van der Waals surface area contributed by atoms with Crippen LogP contribution in [0.2, 0.25) is 0 Å². The molecular weight excluding hydrogens is 289 g/mol. The van der Waals surface area contributed by atoms with Crippen molar-refractivity contribution in [3.05, 3.63) is 24.0 Å². The highest BCUT2D eigenvalue weighted by molar-refractivity contribution is 7.98. The van der Waals surface area contributed by atoms with E-state index in [1.807, 2.05) is 7.05 Å². The van der Waals surface area contributed by atoms with E-state index in [1.54, 1.807) is 11.8 Å². The number of nitrogen functional groups attached to an aromatic ring is 1. The second-order valence-corrected chi connectivity index (χ2v) is 5.95. The third kappa shape index (κ3) is 5.93. The van der Waals surface area contributed by atoms with Gasteiger partial charge in [0.2, 0.25) is 5.91 Å². The van der Waals surface area contributed by atoms with Gasteiger partial charge in [0.05, 0.1) is 5.69 Å². The Morgan fingerprint density at radius 2 is 2.24 bits per heavy atom. The fourth-order valence-corrected chi connectivity index (χ4v) is 2.94. The molecule has 0 fully saturated rings. The van der Waals surface area contributed by atoms with Crippen molar-refractivity contribution in [2.24, 2.45) is 0 Å². The molecule has 0 aromatic heterocycles. The lowest BCUT2D eigenvalue weighted by atomic mass is 10.2. The van der Waals surface area contributed by atoms with Crippen LogP contribution < -0.4 is 11.1 Å². The lowest BCUT2D eigenvalue weighted by molar-refractivity contribution is -0.116. The maximum Gasteiger partial charge on any atom is 0.225 e. The minimum atomic E-state index is -0.472. The van der Waals surface area contributed by atoms with E-state index in [4.69, 9.17) is 5.73 Å². The molecule has 0 aliphatic rings. The molecular formula is C15H24FN3OS. The van der Waals surface area contributed by atoms with Crippen molar-refractivity contribution in [1.29, 1.82) is 0 Å². The zero-order chi connectivity index (χ0) is 15.8. The largest absolute Gasteiger partial charge is 0.399 e. The van der Waals surface area contributed by atoms with Gasteiger partial charge in [-0.15, -0.1) is 0 Å². The topological polar surface area (TPSA) is 58.4 Å². The number of benzene rings is 1. The quantitative estimate of drug-likeness (QED) is 0.725. The maximum atomic E-state index is 13.5. The Balaban J connectivity index is 2.48. The molecule has 0 radical (unpaired) electrons. The molecule has 0 aliphatic heterocycles. The van der Waals surface area contributed by atoms with Crippen molar-refractivity contribution < 1.29 is 9.18 Å². The molecule has 0 spiro atoms. The second-order valence-electron chi connectivity index (χ2n) is 5.04. The van der Waals surface area contributed by atoms with E-state index in [9.17, 15) is 9.18 Å². The van der Waals surface area contributed by atoms with E-state index in [0.29, 0.717) is 24.7 Å². The van der Waals surface area contributed by atoms with E-state index in [1.165, 1.54) is 18.2 Å². The summed E-state index contributed by atoms with van der Waals surface area (Å²) in [6, 6.07) is 4.60. The fourth-order valence-electron chi connectivity index (χ4n) is 2.06. The number of nitrogens with two attached hydrogens (primary N) is 1. The Labute approximate surface area is 130 Å². The number of nitrogens with zero attached hydrogens (tertiary/aromatic N) is 1. The lowest BCUT2D eigenvalue weighted by Crippen LogP contribution is -2.35. The zero-order valence-corrected chi connectivity index (χ0v) is 13.7. The first-order valence-corrected chi connectivity index (χ1v) is 8.41. The number of nitrogens with one attached hydrogen (secondary N) is 1. The molecule has 3 N–H and O–H groups in total. The van der Waals surface area contributed by atoms with E-state index in [-0.39, 0.29) is 11.6 Å². The predicted octanol–water partition coefficient (Wildman–Crippen LogP) is 2.81. The van der Waals surface area contributed by atoms with Crippen LogP contribution in [0.4, 0.5) is 15.8 Å². The highest BCUT2D eigenvalue weighted by Gasteiger charge is 2.14. The van der Waals surface area contributed by atoms with Gasteiger partial charge >= 0.3 is 0 Å². The van der Waals surface area contributed by atoms with Crippen molar-refractivity contribution in [2.45, 2.75) is 25.8 Å². The van der Waals surface area contributed by atoms with Gasteiger partial charge in [0.15, 0.2) is 0 Å². The number of halogens is 1. The van der Waals surface area contributed by atoms with Crippen LogP contribution >= 0.6 is 11.8 Å². The van der Waals surface area contributed by atoms with Crippen molar-refractivity contribution in [2.75, 3.05) is 36.7 Å². The Hall–Kier alpha value is -1.27. The Morgan fingerprint density at radius 1 is 1.52 bits per heavy atom. The van der Waals surface area contributed by atoms with Gasteiger partial charge < -0.3 is 16.0 Å². The fraction of sp³-hybridized carbons (Fsp3) is 0.533.